The maximum absolute atomic E-state index is 14.6. The maximum Gasteiger partial charge on any atom is 0.410 e. The molecule has 0 aromatic heterocycles. The van der Waals surface area contributed by atoms with Gasteiger partial charge in [-0.05, 0) is 6.07 Å². The Morgan fingerprint density at radius 2 is 1.88 bits per heavy atom. The first-order valence-corrected chi connectivity index (χ1v) is 7.94. The number of phenols is 2. The summed E-state index contributed by atoms with van der Waals surface area (Å²) in [6.07, 6.45) is -0.425. The minimum Gasteiger partial charge on any atom is -0.508 e. The smallest absolute Gasteiger partial charge is 0.410 e. The third-order valence-corrected chi connectivity index (χ3v) is 4.06. The van der Waals surface area contributed by atoms with Gasteiger partial charge in [0.15, 0.2) is 0 Å². The van der Waals surface area contributed by atoms with Gasteiger partial charge >= 0.3 is 6.09 Å². The summed E-state index contributed by atoms with van der Waals surface area (Å²) < 4.78 is 19.5. The first-order valence-electron chi connectivity index (χ1n) is 7.94. The normalized spacial score (nSPS) is 14.0. The van der Waals surface area contributed by atoms with E-state index in [1.165, 1.54) is 17.0 Å². The predicted molar refractivity (Wildman–Crippen MR) is 88.5 cm³/mol. The molecule has 1 fully saturated rings. The number of rotatable bonds is 6. The Hall–Kier alpha value is -2.80. The molecule has 25 heavy (non-hydrogen) atoms. The molecule has 0 spiro atoms. The average Bonchev–Trinajstić information content (AvgIpc) is 2.98. The van der Waals surface area contributed by atoms with E-state index in [-0.39, 0.29) is 30.4 Å². The third-order valence-electron chi connectivity index (χ3n) is 4.06. The second-order valence-electron chi connectivity index (χ2n) is 5.84. The molecule has 0 bridgehead atoms. The van der Waals surface area contributed by atoms with E-state index in [2.05, 4.69) is 5.32 Å². The summed E-state index contributed by atoms with van der Waals surface area (Å²) in [5, 5.41) is 22.1. The van der Waals surface area contributed by atoms with E-state index in [1.807, 2.05) is 0 Å². The van der Waals surface area contributed by atoms with Crippen LogP contribution in [0.15, 0.2) is 36.4 Å². The van der Waals surface area contributed by atoms with Crippen LogP contribution in [-0.2, 0) is 24.4 Å². The minimum atomic E-state index is -0.425. The first kappa shape index (κ1) is 17.0. The zero-order chi connectivity index (χ0) is 17.8. The number of carbonyl (C=O) groups is 1. The minimum absolute atomic E-state index is 0.0135. The van der Waals surface area contributed by atoms with Gasteiger partial charge in [0, 0.05) is 35.8 Å². The van der Waals surface area contributed by atoms with E-state index in [4.69, 9.17) is 4.74 Å². The number of carbonyl (C=O) groups excluding carboxylic acids is 1. The summed E-state index contributed by atoms with van der Waals surface area (Å²) in [4.78, 5) is 12.9. The van der Waals surface area contributed by atoms with Crippen LogP contribution in [0.25, 0.3) is 0 Å². The van der Waals surface area contributed by atoms with E-state index < -0.39 is 6.09 Å². The first-order chi connectivity index (χ1) is 12.0. The van der Waals surface area contributed by atoms with E-state index >= 15 is 0 Å². The van der Waals surface area contributed by atoms with Crippen LogP contribution in [0, 0.1) is 5.82 Å². The van der Waals surface area contributed by atoms with Crippen LogP contribution in [0.5, 0.6) is 11.5 Å². The lowest BCUT2D eigenvalue weighted by molar-refractivity contribution is 0.157. The van der Waals surface area contributed by atoms with Gasteiger partial charge in [0.25, 0.3) is 0 Å². The summed E-state index contributed by atoms with van der Waals surface area (Å²) in [7, 11) is 0. The summed E-state index contributed by atoms with van der Waals surface area (Å²) >= 11 is 0. The Morgan fingerprint density at radius 1 is 1.12 bits per heavy atom. The van der Waals surface area contributed by atoms with Gasteiger partial charge in [0.1, 0.15) is 23.9 Å². The van der Waals surface area contributed by atoms with Crippen molar-refractivity contribution in [3.63, 3.8) is 0 Å². The number of benzene rings is 2. The maximum atomic E-state index is 14.6. The van der Waals surface area contributed by atoms with Crippen molar-refractivity contribution < 1.29 is 24.1 Å². The molecule has 0 atom stereocenters. The van der Waals surface area contributed by atoms with Crippen molar-refractivity contribution in [2.24, 2.45) is 0 Å². The molecule has 0 unspecified atom stereocenters. The molecule has 0 aliphatic carbocycles. The zero-order valence-electron chi connectivity index (χ0n) is 13.5. The van der Waals surface area contributed by atoms with Crippen molar-refractivity contribution in [1.29, 1.82) is 0 Å². The molecule has 3 rings (SSSR count). The standard InChI is InChI=1S/C18H19FN2O4/c19-17-13(10-20-9-12-4-5-15(22)8-16(12)23)2-1-3-14(17)11-21-6-7-25-18(21)24/h1-5,8,20,22-23H,6-7,9-11H2. The van der Waals surface area contributed by atoms with Crippen LogP contribution in [0.3, 0.4) is 0 Å². The largest absolute Gasteiger partial charge is 0.508 e. The molecule has 1 aliphatic heterocycles. The average molecular weight is 346 g/mol. The van der Waals surface area contributed by atoms with Gasteiger partial charge in [-0.25, -0.2) is 9.18 Å². The van der Waals surface area contributed by atoms with Crippen molar-refractivity contribution >= 4 is 6.09 Å². The fourth-order valence-electron chi connectivity index (χ4n) is 2.70. The van der Waals surface area contributed by atoms with Gasteiger partial charge < -0.3 is 25.2 Å². The van der Waals surface area contributed by atoms with E-state index in [9.17, 15) is 19.4 Å². The monoisotopic (exact) mass is 346 g/mol. The number of phenolic OH excluding ortho intramolecular Hbond substituents is 2. The lowest BCUT2D eigenvalue weighted by atomic mass is 10.1. The van der Waals surface area contributed by atoms with Gasteiger partial charge in [-0.1, -0.05) is 24.3 Å². The molecule has 6 nitrogen and oxygen atoms in total. The molecule has 1 saturated heterocycles. The highest BCUT2D eigenvalue weighted by atomic mass is 19.1. The second-order valence-corrected chi connectivity index (χ2v) is 5.84. The molecule has 7 heteroatoms. The van der Waals surface area contributed by atoms with Gasteiger partial charge in [0.2, 0.25) is 0 Å². The Kier molecular flexibility index (Phi) is 5.04. The number of nitrogens with zero attached hydrogens (tertiary/aromatic N) is 1. The van der Waals surface area contributed by atoms with Crippen molar-refractivity contribution in [2.45, 2.75) is 19.6 Å². The molecule has 2 aromatic carbocycles. The SMILES string of the molecule is O=C1OCCN1Cc1cccc(CNCc2ccc(O)cc2O)c1F. The van der Waals surface area contributed by atoms with E-state index in [0.717, 1.165) is 0 Å². The van der Waals surface area contributed by atoms with Crippen LogP contribution in [0.2, 0.25) is 0 Å². The molecule has 1 heterocycles. The fourth-order valence-corrected chi connectivity index (χ4v) is 2.70. The quantitative estimate of drug-likeness (QED) is 0.749. The van der Waals surface area contributed by atoms with Crippen molar-refractivity contribution in [2.75, 3.05) is 13.2 Å². The van der Waals surface area contributed by atoms with Crippen LogP contribution in [-0.4, -0.2) is 34.4 Å². The predicted octanol–water partition coefficient (Wildman–Crippen LogP) is 2.48. The highest BCUT2D eigenvalue weighted by Crippen LogP contribution is 2.22. The molecule has 3 N–H and O–H groups in total. The van der Waals surface area contributed by atoms with Gasteiger partial charge in [-0.15, -0.1) is 0 Å². The fraction of sp³-hybridized carbons (Fsp3) is 0.278. The van der Waals surface area contributed by atoms with E-state index in [1.54, 1.807) is 24.3 Å². The van der Waals surface area contributed by atoms with Crippen LogP contribution in [0.1, 0.15) is 16.7 Å². The highest BCUT2D eigenvalue weighted by Gasteiger charge is 2.23. The number of nitrogens with one attached hydrogen (secondary N) is 1. The number of hydrogen-bond acceptors (Lipinski definition) is 5. The number of cyclic esters (lactones) is 1. The number of ether oxygens (including phenoxy) is 1. The highest BCUT2D eigenvalue weighted by molar-refractivity contribution is 5.69. The van der Waals surface area contributed by atoms with Gasteiger partial charge in [-0.2, -0.15) is 0 Å². The Balaban J connectivity index is 1.62. The molecule has 1 aliphatic rings. The van der Waals surface area contributed by atoms with Crippen molar-refractivity contribution in [3.05, 3.63) is 58.9 Å². The Labute approximate surface area is 144 Å². The summed E-state index contributed by atoms with van der Waals surface area (Å²) in [6, 6.07) is 9.40. The number of aromatic hydroxyl groups is 2. The zero-order valence-corrected chi connectivity index (χ0v) is 13.5. The molecule has 0 radical (unpaired) electrons. The summed E-state index contributed by atoms with van der Waals surface area (Å²) in [5.74, 6) is -0.390. The number of halogens is 1. The van der Waals surface area contributed by atoms with E-state index in [0.29, 0.717) is 36.4 Å². The van der Waals surface area contributed by atoms with Crippen LogP contribution < -0.4 is 5.32 Å². The topological polar surface area (TPSA) is 82.0 Å². The lowest BCUT2D eigenvalue weighted by Crippen LogP contribution is -2.24. The summed E-state index contributed by atoms with van der Waals surface area (Å²) in [6.45, 7) is 1.56. The molecular formula is C18H19FN2O4. The summed E-state index contributed by atoms with van der Waals surface area (Å²) in [5.41, 5.74) is 1.52. The van der Waals surface area contributed by atoms with Crippen molar-refractivity contribution in [1.82, 2.24) is 10.2 Å². The van der Waals surface area contributed by atoms with Gasteiger partial charge in [0.05, 0.1) is 13.1 Å². The Bertz CT molecular complexity index is 782. The van der Waals surface area contributed by atoms with Crippen LogP contribution >= 0.6 is 0 Å². The van der Waals surface area contributed by atoms with Gasteiger partial charge in [-0.3, -0.25) is 0 Å². The van der Waals surface area contributed by atoms with Crippen molar-refractivity contribution in [3.8, 4) is 11.5 Å². The lowest BCUT2D eigenvalue weighted by Gasteiger charge is -2.15. The Morgan fingerprint density at radius 3 is 2.60 bits per heavy atom. The molecule has 2 aromatic rings. The van der Waals surface area contributed by atoms with Crippen LogP contribution in [0.4, 0.5) is 9.18 Å². The molecular weight excluding hydrogens is 327 g/mol. The second kappa shape index (κ2) is 7.40. The number of hydrogen-bond donors (Lipinski definition) is 3. The molecule has 132 valence electrons. The number of amides is 1. The molecule has 1 amide bonds. The third kappa shape index (κ3) is 4.00. The molecule has 0 saturated carbocycles.